The van der Waals surface area contributed by atoms with Gasteiger partial charge < -0.3 is 0 Å². The molecule has 16 heavy (non-hydrogen) atoms. The van der Waals surface area contributed by atoms with E-state index in [0.717, 1.165) is 18.0 Å². The van der Waals surface area contributed by atoms with Crippen LogP contribution in [0.3, 0.4) is 0 Å². The molecule has 1 fully saturated rings. The number of rotatable bonds is 0. The minimum absolute atomic E-state index is 0.584. The molecule has 0 radical (unpaired) electrons. The Morgan fingerprint density at radius 2 is 1.19 bits per heavy atom. The van der Waals surface area contributed by atoms with Crippen molar-refractivity contribution in [3.63, 3.8) is 0 Å². The fourth-order valence-electron chi connectivity index (χ4n) is 1.25. The Morgan fingerprint density at radius 1 is 0.875 bits per heavy atom. The van der Waals surface area contributed by atoms with Gasteiger partial charge in [-0.15, -0.1) is 9.60 Å². The summed E-state index contributed by atoms with van der Waals surface area (Å²) in [6.45, 7) is 17.4. The molecule has 1 aliphatic heterocycles. The smallest absolute Gasteiger partial charge is 0.0327 e. The van der Waals surface area contributed by atoms with Gasteiger partial charge in [0.25, 0.3) is 0 Å². The Kier molecular flexibility index (Phi) is 22.3. The van der Waals surface area contributed by atoms with Crippen LogP contribution in [0.5, 0.6) is 0 Å². The first kappa shape index (κ1) is 21.0. The second-order valence-corrected chi connectivity index (χ2v) is 3.01. The first-order valence-corrected chi connectivity index (χ1v) is 6.76. The molecule has 1 aliphatic rings. The Labute approximate surface area is 103 Å². The van der Waals surface area contributed by atoms with Crippen LogP contribution in [-0.2, 0) is 0 Å². The zero-order valence-corrected chi connectivity index (χ0v) is 12.7. The predicted molar refractivity (Wildman–Crippen MR) is 74.3 cm³/mol. The van der Waals surface area contributed by atoms with Gasteiger partial charge in [-0.05, 0) is 26.7 Å². The van der Waals surface area contributed by atoms with Crippen molar-refractivity contribution in [2.75, 3.05) is 13.1 Å². The van der Waals surface area contributed by atoms with Crippen LogP contribution in [0.1, 0.15) is 68.2 Å². The molecule has 0 amide bonds. The molecule has 0 saturated carbocycles. The molecular weight excluding hydrogens is 201 g/mol. The van der Waals surface area contributed by atoms with Gasteiger partial charge in [0.1, 0.15) is 0 Å². The number of piperidine rings is 1. The van der Waals surface area contributed by atoms with Crippen molar-refractivity contribution in [3.05, 3.63) is 11.1 Å². The highest BCUT2D eigenvalue weighted by Crippen LogP contribution is 2.19. The van der Waals surface area contributed by atoms with Gasteiger partial charge in [0, 0.05) is 13.1 Å². The number of halogens is 1. The van der Waals surface area contributed by atoms with Crippen molar-refractivity contribution in [2.24, 2.45) is 0 Å². The van der Waals surface area contributed by atoms with E-state index >= 15 is 0 Å². The van der Waals surface area contributed by atoms with E-state index in [-0.39, 0.29) is 0 Å². The second kappa shape index (κ2) is 17.0. The zero-order valence-electron chi connectivity index (χ0n) is 12.7. The molecule has 0 aromatic carbocycles. The number of hydrogen-bond acceptors (Lipinski definition) is 1. The molecule has 0 atom stereocenters. The highest BCUT2D eigenvalue weighted by Gasteiger charge is 2.12. The third kappa shape index (κ3) is 11.7. The summed E-state index contributed by atoms with van der Waals surface area (Å²) < 4.78 is 12.4. The second-order valence-electron chi connectivity index (χ2n) is 3.01. The Balaban J connectivity index is -0.000000245. The van der Waals surface area contributed by atoms with Gasteiger partial charge in [-0.2, -0.15) is 0 Å². The molecule has 0 bridgehead atoms. The lowest BCUT2D eigenvalue weighted by Crippen LogP contribution is -2.23. The van der Waals surface area contributed by atoms with Crippen LogP contribution in [0, 0.1) is 0 Å². The van der Waals surface area contributed by atoms with Crippen LogP contribution in [0.2, 0.25) is 0 Å². The molecule has 0 spiro atoms. The van der Waals surface area contributed by atoms with Crippen molar-refractivity contribution >= 4 is 0 Å². The van der Waals surface area contributed by atoms with Gasteiger partial charge in [0.15, 0.2) is 0 Å². The molecule has 0 unspecified atom stereocenters. The molecule has 0 aromatic heterocycles. The molecule has 1 saturated heterocycles. The van der Waals surface area contributed by atoms with Crippen LogP contribution in [0.4, 0.5) is 4.48 Å². The topological polar surface area (TPSA) is 3.24 Å². The standard InChI is InChI=1S/C8H14FN.3C2H6/c1-7(2)8-3-5-10(9)6-4-8;3*1-2/h3-6H2,1-2H3;3*1-2H3. The summed E-state index contributed by atoms with van der Waals surface area (Å²) in [5.74, 6) is 0. The van der Waals surface area contributed by atoms with E-state index in [9.17, 15) is 4.48 Å². The van der Waals surface area contributed by atoms with Gasteiger partial charge in [-0.25, -0.2) is 0 Å². The summed E-state index contributed by atoms with van der Waals surface area (Å²) in [6.07, 6.45) is 1.83. The molecule has 1 rings (SSSR count). The van der Waals surface area contributed by atoms with E-state index in [1.165, 1.54) is 11.1 Å². The summed E-state index contributed by atoms with van der Waals surface area (Å²) >= 11 is 0. The van der Waals surface area contributed by atoms with Crippen LogP contribution in [0.15, 0.2) is 11.1 Å². The Morgan fingerprint density at radius 3 is 1.44 bits per heavy atom. The summed E-state index contributed by atoms with van der Waals surface area (Å²) in [5, 5.41) is 0.895. The largest absolute Gasteiger partial charge is 0.146 e. The van der Waals surface area contributed by atoms with Gasteiger partial charge in [-0.3, -0.25) is 0 Å². The normalized spacial score (nSPS) is 14.4. The molecule has 1 heterocycles. The quantitative estimate of drug-likeness (QED) is 0.401. The summed E-state index contributed by atoms with van der Waals surface area (Å²) in [5.41, 5.74) is 2.81. The number of allylic oxidation sites excluding steroid dienone is 1. The van der Waals surface area contributed by atoms with Gasteiger partial charge in [-0.1, -0.05) is 52.7 Å². The van der Waals surface area contributed by atoms with E-state index in [1.807, 2.05) is 41.5 Å². The third-order valence-corrected chi connectivity index (χ3v) is 2.02. The van der Waals surface area contributed by atoms with Crippen molar-refractivity contribution in [1.29, 1.82) is 0 Å². The van der Waals surface area contributed by atoms with E-state index in [0.29, 0.717) is 13.1 Å². The van der Waals surface area contributed by atoms with Crippen LogP contribution < -0.4 is 0 Å². The zero-order chi connectivity index (χ0) is 13.6. The van der Waals surface area contributed by atoms with Gasteiger partial charge >= 0.3 is 0 Å². The Hall–Kier alpha value is -0.370. The maximum atomic E-state index is 12.4. The molecule has 0 aromatic rings. The third-order valence-electron chi connectivity index (χ3n) is 2.02. The molecule has 0 aliphatic carbocycles. The van der Waals surface area contributed by atoms with Crippen LogP contribution in [0.25, 0.3) is 0 Å². The maximum absolute atomic E-state index is 12.4. The highest BCUT2D eigenvalue weighted by molar-refractivity contribution is 5.11. The summed E-state index contributed by atoms with van der Waals surface area (Å²) in [4.78, 5) is 0. The fraction of sp³-hybridized carbons (Fsp3) is 0.857. The van der Waals surface area contributed by atoms with E-state index in [1.54, 1.807) is 0 Å². The van der Waals surface area contributed by atoms with Crippen molar-refractivity contribution in [3.8, 4) is 0 Å². The first-order valence-electron chi connectivity index (χ1n) is 6.76. The molecular formula is C14H32FN. The molecule has 2 heteroatoms. The minimum Gasteiger partial charge on any atom is -0.146 e. The molecule has 1 nitrogen and oxygen atoms in total. The average molecular weight is 233 g/mol. The van der Waals surface area contributed by atoms with Crippen LogP contribution >= 0.6 is 0 Å². The van der Waals surface area contributed by atoms with E-state index in [2.05, 4.69) is 13.8 Å². The van der Waals surface area contributed by atoms with Crippen LogP contribution in [-0.4, -0.2) is 18.2 Å². The van der Waals surface area contributed by atoms with Crippen molar-refractivity contribution < 1.29 is 4.48 Å². The minimum atomic E-state index is 0.584. The number of nitrogens with zero attached hydrogens (tertiary/aromatic N) is 1. The SMILES string of the molecule is CC.CC.CC.CC(C)=C1CCN(F)CC1. The lowest BCUT2D eigenvalue weighted by Gasteiger charge is -2.21. The van der Waals surface area contributed by atoms with E-state index in [4.69, 9.17) is 0 Å². The lowest BCUT2D eigenvalue weighted by molar-refractivity contribution is 0.0171. The van der Waals surface area contributed by atoms with E-state index < -0.39 is 0 Å². The summed E-state index contributed by atoms with van der Waals surface area (Å²) in [7, 11) is 0. The molecule has 0 N–H and O–H groups in total. The van der Waals surface area contributed by atoms with Crippen molar-refractivity contribution in [2.45, 2.75) is 68.2 Å². The van der Waals surface area contributed by atoms with Gasteiger partial charge in [0.05, 0.1) is 0 Å². The van der Waals surface area contributed by atoms with Gasteiger partial charge in [0.2, 0.25) is 0 Å². The highest BCUT2D eigenvalue weighted by atomic mass is 19.2. The average Bonchev–Trinajstić information content (AvgIpc) is 2.37. The number of hydrogen-bond donors (Lipinski definition) is 0. The fourth-order valence-corrected chi connectivity index (χ4v) is 1.25. The lowest BCUT2D eigenvalue weighted by atomic mass is 10.0. The predicted octanol–water partition coefficient (Wildman–Crippen LogP) is 5.38. The Bertz CT molecular complexity index is 139. The maximum Gasteiger partial charge on any atom is 0.0327 e. The monoisotopic (exact) mass is 233 g/mol. The summed E-state index contributed by atoms with van der Waals surface area (Å²) in [6, 6.07) is 0. The molecule has 100 valence electrons. The first-order chi connectivity index (χ1) is 7.70. The van der Waals surface area contributed by atoms with Crippen molar-refractivity contribution in [1.82, 2.24) is 5.12 Å².